The number of benzene rings is 1. The second kappa shape index (κ2) is 10.1. The number of carbonyl (C=O) groups excluding carboxylic acids is 1. The van der Waals surface area contributed by atoms with Crippen LogP contribution in [0.4, 0.5) is 23.2 Å². The smallest absolute Gasteiger partial charge is 0.338 e. The number of hydrogen-bond donors (Lipinski definition) is 0. The van der Waals surface area contributed by atoms with Crippen molar-refractivity contribution in [3.05, 3.63) is 52.6 Å². The number of alkyl halides is 4. The van der Waals surface area contributed by atoms with Crippen molar-refractivity contribution >= 4 is 27.5 Å². The zero-order chi connectivity index (χ0) is 23.4. The molecule has 0 aliphatic heterocycles. The van der Waals surface area contributed by atoms with Gasteiger partial charge in [-0.25, -0.2) is 0 Å². The minimum atomic E-state index is -4.38. The molecule has 1 aromatic carbocycles. The van der Waals surface area contributed by atoms with Crippen molar-refractivity contribution in [2.24, 2.45) is 0 Å². The summed E-state index contributed by atoms with van der Waals surface area (Å²) in [6.45, 7) is 3.44. The minimum absolute atomic E-state index is 0.0225. The van der Waals surface area contributed by atoms with Crippen molar-refractivity contribution in [1.82, 2.24) is 10.1 Å². The summed E-state index contributed by atoms with van der Waals surface area (Å²) >= 11 is 3.39. The van der Waals surface area contributed by atoms with Gasteiger partial charge in [0.15, 0.2) is 5.82 Å². The molecule has 32 heavy (non-hydrogen) atoms. The van der Waals surface area contributed by atoms with E-state index in [4.69, 9.17) is 4.52 Å². The molecule has 3 rings (SSSR count). The summed E-state index contributed by atoms with van der Waals surface area (Å²) in [5.41, 5.74) is -1.09. The number of nitrogens with zero attached hydrogens (tertiary/aromatic N) is 3. The van der Waals surface area contributed by atoms with Crippen molar-refractivity contribution in [3.63, 3.8) is 0 Å². The second-order valence-corrected chi connectivity index (χ2v) is 8.80. The van der Waals surface area contributed by atoms with E-state index in [-0.39, 0.29) is 42.5 Å². The van der Waals surface area contributed by atoms with Gasteiger partial charge in [-0.3, -0.25) is 9.18 Å². The Labute approximate surface area is 192 Å². The van der Waals surface area contributed by atoms with Gasteiger partial charge in [0, 0.05) is 35.1 Å². The van der Waals surface area contributed by atoms with Crippen LogP contribution >= 0.6 is 15.9 Å². The van der Waals surface area contributed by atoms with Gasteiger partial charge >= 0.3 is 6.18 Å². The molecule has 1 fully saturated rings. The van der Waals surface area contributed by atoms with Gasteiger partial charge in [0.2, 0.25) is 5.89 Å². The van der Waals surface area contributed by atoms with Crippen LogP contribution in [0.15, 0.2) is 45.4 Å². The molecule has 0 radical (unpaired) electrons. The molecule has 1 heterocycles. The SMILES string of the molecule is C=C(CCF)C(=O)N(CCCCCc1noc(C2(C(F)(F)F)CC2)n1)c1cccc(Br)c1. The summed E-state index contributed by atoms with van der Waals surface area (Å²) < 4.78 is 57.9. The molecule has 0 unspecified atom stereocenters. The topological polar surface area (TPSA) is 59.2 Å². The highest BCUT2D eigenvalue weighted by molar-refractivity contribution is 9.10. The molecule has 5 nitrogen and oxygen atoms in total. The molecule has 1 aliphatic carbocycles. The van der Waals surface area contributed by atoms with Gasteiger partial charge in [-0.2, -0.15) is 18.2 Å². The Morgan fingerprint density at radius 2 is 2.00 bits per heavy atom. The third-order valence-corrected chi connectivity index (χ3v) is 6.01. The number of hydrogen-bond acceptors (Lipinski definition) is 4. The Hall–Kier alpha value is -2.23. The van der Waals surface area contributed by atoms with E-state index in [2.05, 4.69) is 32.6 Å². The maximum atomic E-state index is 13.2. The van der Waals surface area contributed by atoms with Gasteiger partial charge in [0.1, 0.15) is 5.41 Å². The van der Waals surface area contributed by atoms with Crippen LogP contribution in [0.2, 0.25) is 0 Å². The van der Waals surface area contributed by atoms with E-state index >= 15 is 0 Å². The average molecular weight is 518 g/mol. The third-order valence-electron chi connectivity index (χ3n) is 5.52. The number of carbonyl (C=O) groups is 1. The van der Waals surface area contributed by atoms with Crippen LogP contribution in [0.25, 0.3) is 0 Å². The summed E-state index contributed by atoms with van der Waals surface area (Å²) in [5.74, 6) is -0.421. The molecule has 0 saturated heterocycles. The first-order chi connectivity index (χ1) is 15.2. The van der Waals surface area contributed by atoms with Crippen molar-refractivity contribution in [1.29, 1.82) is 0 Å². The summed E-state index contributed by atoms with van der Waals surface area (Å²) in [4.78, 5) is 18.3. The first kappa shape index (κ1) is 24.4. The lowest BCUT2D eigenvalue weighted by Crippen LogP contribution is -2.33. The molecule has 174 valence electrons. The van der Waals surface area contributed by atoms with Gasteiger partial charge in [-0.15, -0.1) is 0 Å². The van der Waals surface area contributed by atoms with Crippen LogP contribution in [-0.2, 0) is 16.6 Å². The lowest BCUT2D eigenvalue weighted by Gasteiger charge is -2.24. The fraction of sp³-hybridized carbons (Fsp3) is 0.500. The average Bonchev–Trinajstić information content (AvgIpc) is 3.43. The monoisotopic (exact) mass is 517 g/mol. The van der Waals surface area contributed by atoms with E-state index in [0.29, 0.717) is 37.9 Å². The fourth-order valence-electron chi connectivity index (χ4n) is 3.43. The molecule has 2 aromatic rings. The molecular weight excluding hydrogens is 494 g/mol. The normalized spacial score (nSPS) is 14.9. The van der Waals surface area contributed by atoms with Gasteiger partial charge in [-0.1, -0.05) is 40.2 Å². The number of amides is 1. The van der Waals surface area contributed by atoms with Crippen molar-refractivity contribution in [3.8, 4) is 0 Å². The van der Waals surface area contributed by atoms with E-state index < -0.39 is 18.3 Å². The fourth-order valence-corrected chi connectivity index (χ4v) is 3.81. The van der Waals surface area contributed by atoms with Gasteiger partial charge < -0.3 is 9.42 Å². The lowest BCUT2D eigenvalue weighted by atomic mass is 10.1. The predicted molar refractivity (Wildman–Crippen MR) is 115 cm³/mol. The Balaban J connectivity index is 1.53. The second-order valence-electron chi connectivity index (χ2n) is 7.89. The van der Waals surface area contributed by atoms with E-state index in [1.165, 1.54) is 0 Å². The van der Waals surface area contributed by atoms with Gasteiger partial charge in [0.05, 0.1) is 6.67 Å². The van der Waals surface area contributed by atoms with Crippen LogP contribution in [-0.4, -0.2) is 35.4 Å². The minimum Gasteiger partial charge on any atom is -0.338 e. The number of halogens is 5. The van der Waals surface area contributed by atoms with E-state index in [1.807, 2.05) is 6.07 Å². The Kier molecular flexibility index (Phi) is 7.74. The van der Waals surface area contributed by atoms with Crippen LogP contribution in [0.3, 0.4) is 0 Å². The Bertz CT molecular complexity index is 957. The highest BCUT2D eigenvalue weighted by Gasteiger charge is 2.68. The molecule has 1 saturated carbocycles. The standard InChI is InChI=1S/C22H24BrF4N3O2/c1-15(9-12-24)19(31)30(17-7-5-6-16(23)14-17)13-4-2-3-8-18-28-20(32-29-18)21(10-11-21)22(25,26)27/h5-7,14H,1-4,8-13H2. The maximum absolute atomic E-state index is 13.2. The Morgan fingerprint density at radius 1 is 1.25 bits per heavy atom. The number of anilines is 1. The summed E-state index contributed by atoms with van der Waals surface area (Å²) in [7, 11) is 0. The zero-order valence-corrected chi connectivity index (χ0v) is 19.0. The molecule has 1 amide bonds. The van der Waals surface area contributed by atoms with Crippen molar-refractivity contribution < 1.29 is 26.9 Å². The third kappa shape index (κ3) is 5.57. The molecular formula is C22H24BrF4N3O2. The lowest BCUT2D eigenvalue weighted by molar-refractivity contribution is -0.166. The first-order valence-electron chi connectivity index (χ1n) is 10.4. The summed E-state index contributed by atoms with van der Waals surface area (Å²) in [6, 6.07) is 7.24. The molecule has 0 N–H and O–H groups in total. The van der Waals surface area contributed by atoms with E-state index in [1.54, 1.807) is 23.1 Å². The number of aryl methyl sites for hydroxylation is 1. The van der Waals surface area contributed by atoms with Crippen LogP contribution < -0.4 is 4.90 Å². The van der Waals surface area contributed by atoms with Crippen molar-refractivity contribution in [2.75, 3.05) is 18.1 Å². The number of unbranched alkanes of at least 4 members (excludes halogenated alkanes) is 2. The molecule has 0 bridgehead atoms. The van der Waals surface area contributed by atoms with Gasteiger partial charge in [-0.05, 0) is 43.9 Å². The molecule has 0 atom stereocenters. The molecule has 10 heteroatoms. The summed E-state index contributed by atoms with van der Waals surface area (Å²) in [5, 5.41) is 3.69. The molecule has 1 aliphatic rings. The number of aromatic nitrogens is 2. The largest absolute Gasteiger partial charge is 0.403 e. The van der Waals surface area contributed by atoms with Crippen LogP contribution in [0, 0.1) is 0 Å². The highest BCUT2D eigenvalue weighted by atomic mass is 79.9. The Morgan fingerprint density at radius 3 is 2.62 bits per heavy atom. The van der Waals surface area contributed by atoms with Crippen LogP contribution in [0.1, 0.15) is 50.2 Å². The molecule has 1 aromatic heterocycles. The zero-order valence-electron chi connectivity index (χ0n) is 17.4. The van der Waals surface area contributed by atoms with Crippen molar-refractivity contribution in [2.45, 2.75) is 56.5 Å². The molecule has 0 spiro atoms. The maximum Gasteiger partial charge on any atom is 0.403 e. The van der Waals surface area contributed by atoms with Crippen LogP contribution in [0.5, 0.6) is 0 Å². The predicted octanol–water partition coefficient (Wildman–Crippen LogP) is 6.09. The van der Waals surface area contributed by atoms with E-state index in [0.717, 1.165) is 4.47 Å². The van der Waals surface area contributed by atoms with Gasteiger partial charge in [0.25, 0.3) is 5.91 Å². The summed E-state index contributed by atoms with van der Waals surface area (Å²) in [6.07, 6.45) is -2.11. The highest BCUT2D eigenvalue weighted by Crippen LogP contribution is 2.58. The number of rotatable bonds is 11. The quantitative estimate of drug-likeness (QED) is 0.205. The van der Waals surface area contributed by atoms with E-state index in [9.17, 15) is 22.4 Å². The first-order valence-corrected chi connectivity index (χ1v) is 11.2.